The van der Waals surface area contributed by atoms with Gasteiger partial charge < -0.3 is 16.0 Å². The summed E-state index contributed by atoms with van der Waals surface area (Å²) in [6, 6.07) is 11.7. The van der Waals surface area contributed by atoms with Gasteiger partial charge in [-0.3, -0.25) is 9.78 Å². The molecule has 0 aliphatic carbocycles. The Bertz CT molecular complexity index is 543. The summed E-state index contributed by atoms with van der Waals surface area (Å²) in [5, 5.41) is 12.1. The minimum atomic E-state index is -0.654. The molecule has 2 rings (SSSR count). The number of aromatic nitrogens is 1. The first-order chi connectivity index (χ1) is 8.68. The van der Waals surface area contributed by atoms with Crippen LogP contribution in [0, 0.1) is 5.21 Å². The quantitative estimate of drug-likeness (QED) is 0.657. The highest BCUT2D eigenvalue weighted by Gasteiger charge is 2.11. The number of hydroxylamine groups is 2. The van der Waals surface area contributed by atoms with Gasteiger partial charge in [-0.05, 0) is 24.3 Å². The Labute approximate surface area is 104 Å². The molecule has 0 atom stereocenters. The van der Waals surface area contributed by atoms with Gasteiger partial charge in [0.15, 0.2) is 0 Å². The number of hydrogen-bond donors (Lipinski definition) is 1. The van der Waals surface area contributed by atoms with Gasteiger partial charge in [0.2, 0.25) is 5.91 Å². The van der Waals surface area contributed by atoms with Gasteiger partial charge in [0.25, 0.3) is 0 Å². The molecule has 0 spiro atoms. The van der Waals surface area contributed by atoms with E-state index >= 15 is 0 Å². The number of rotatable bonds is 3. The summed E-state index contributed by atoms with van der Waals surface area (Å²) in [6.45, 7) is -0.0893. The molecule has 0 saturated heterocycles. The number of anilines is 1. The predicted octanol–water partition coefficient (Wildman–Crippen LogP) is 1.80. The molecule has 0 aliphatic heterocycles. The van der Waals surface area contributed by atoms with E-state index in [4.69, 9.17) is 5.73 Å². The number of nitrogens with two attached hydrogens (primary N) is 1. The van der Waals surface area contributed by atoms with Gasteiger partial charge in [0.1, 0.15) is 0 Å². The highest BCUT2D eigenvalue weighted by molar-refractivity contribution is 5.99. The second-order valence-electron chi connectivity index (χ2n) is 3.75. The highest BCUT2D eigenvalue weighted by atomic mass is 16.5. The summed E-state index contributed by atoms with van der Waals surface area (Å²) >= 11 is 0. The molecule has 1 aromatic carbocycles. The van der Waals surface area contributed by atoms with Gasteiger partial charge in [-0.2, -0.15) is 0 Å². The number of amides is 1. The van der Waals surface area contributed by atoms with E-state index in [2.05, 4.69) is 4.98 Å². The Balaban J connectivity index is 2.13. The first kappa shape index (κ1) is 12.1. The van der Waals surface area contributed by atoms with Gasteiger partial charge in [-0.15, -0.1) is 0 Å². The largest absolute Gasteiger partial charge is 0.756 e. The van der Waals surface area contributed by atoms with Crippen LogP contribution in [-0.4, -0.2) is 16.0 Å². The molecule has 1 heterocycles. The topological polar surface area (TPSA) is 82.3 Å². The van der Waals surface area contributed by atoms with Crippen LogP contribution in [0.1, 0.15) is 16.1 Å². The van der Waals surface area contributed by atoms with Crippen LogP contribution >= 0.6 is 0 Å². The number of carbonyl (C=O) groups is 1. The average molecular weight is 242 g/mol. The fourth-order valence-electron chi connectivity index (χ4n) is 1.54. The number of carbonyl (C=O) groups excluding carboxylic acids is 1. The van der Waals surface area contributed by atoms with Crippen LogP contribution in [0.4, 0.5) is 5.69 Å². The van der Waals surface area contributed by atoms with Gasteiger partial charge in [0, 0.05) is 11.9 Å². The van der Waals surface area contributed by atoms with E-state index in [9.17, 15) is 10.0 Å². The molecule has 0 unspecified atom stereocenters. The standard InChI is InChI=1S/C13H12N3O2/c14-12-7-2-1-6-11(12)13(17)16(18)9-10-5-3-4-8-15-10/h1-8H,9,14H2/q-1. The smallest absolute Gasteiger partial charge is 0.245 e. The van der Waals surface area contributed by atoms with E-state index in [0.29, 0.717) is 16.4 Å². The van der Waals surface area contributed by atoms with Crippen LogP contribution in [0.25, 0.3) is 0 Å². The third-order valence-electron chi connectivity index (χ3n) is 2.45. The Morgan fingerprint density at radius 1 is 1.22 bits per heavy atom. The van der Waals surface area contributed by atoms with Crippen molar-refractivity contribution in [2.45, 2.75) is 6.54 Å². The summed E-state index contributed by atoms with van der Waals surface area (Å²) in [7, 11) is 0. The molecular formula is C13H12N3O2-. The maximum Gasteiger partial charge on any atom is 0.245 e. The molecule has 0 saturated carbocycles. The van der Waals surface area contributed by atoms with E-state index in [1.807, 2.05) is 0 Å². The SMILES string of the molecule is Nc1ccccc1C(=O)N([O-])Cc1ccccn1. The zero-order valence-electron chi connectivity index (χ0n) is 9.61. The summed E-state index contributed by atoms with van der Waals surface area (Å²) < 4.78 is 0. The molecular weight excluding hydrogens is 230 g/mol. The van der Waals surface area contributed by atoms with E-state index in [1.54, 1.807) is 42.6 Å². The van der Waals surface area contributed by atoms with Crippen molar-refractivity contribution >= 4 is 11.6 Å². The van der Waals surface area contributed by atoms with Gasteiger partial charge in [-0.25, -0.2) is 0 Å². The minimum Gasteiger partial charge on any atom is -0.756 e. The Kier molecular flexibility index (Phi) is 3.54. The van der Waals surface area contributed by atoms with E-state index in [1.165, 1.54) is 6.07 Å². The first-order valence-corrected chi connectivity index (χ1v) is 5.42. The summed E-state index contributed by atoms with van der Waals surface area (Å²) in [6.07, 6.45) is 1.57. The zero-order chi connectivity index (χ0) is 13.0. The van der Waals surface area contributed by atoms with Crippen LogP contribution in [0.5, 0.6) is 0 Å². The van der Waals surface area contributed by atoms with Crippen molar-refractivity contribution in [1.82, 2.24) is 10.0 Å². The van der Waals surface area contributed by atoms with Crippen molar-refractivity contribution in [2.24, 2.45) is 0 Å². The molecule has 2 N–H and O–H groups in total. The lowest BCUT2D eigenvalue weighted by Crippen LogP contribution is -2.25. The molecule has 0 radical (unpaired) electrons. The lowest BCUT2D eigenvalue weighted by atomic mass is 10.1. The highest BCUT2D eigenvalue weighted by Crippen LogP contribution is 2.14. The lowest BCUT2D eigenvalue weighted by molar-refractivity contribution is 0.0813. The molecule has 1 amide bonds. The van der Waals surface area contributed by atoms with Crippen molar-refractivity contribution in [2.75, 3.05) is 5.73 Å². The van der Waals surface area contributed by atoms with Gasteiger partial charge >= 0.3 is 0 Å². The molecule has 0 aliphatic rings. The average Bonchev–Trinajstić information content (AvgIpc) is 2.39. The molecule has 0 bridgehead atoms. The van der Waals surface area contributed by atoms with Gasteiger partial charge in [-0.1, -0.05) is 18.2 Å². The van der Waals surface area contributed by atoms with E-state index in [0.717, 1.165) is 0 Å². The fraction of sp³-hybridized carbons (Fsp3) is 0.0769. The van der Waals surface area contributed by atoms with Crippen molar-refractivity contribution in [1.29, 1.82) is 0 Å². The Morgan fingerprint density at radius 2 is 1.94 bits per heavy atom. The van der Waals surface area contributed by atoms with Crippen LogP contribution < -0.4 is 5.73 Å². The van der Waals surface area contributed by atoms with Crippen LogP contribution in [0.15, 0.2) is 48.7 Å². The molecule has 92 valence electrons. The lowest BCUT2D eigenvalue weighted by Gasteiger charge is -2.28. The number of nitrogens with zero attached hydrogens (tertiary/aromatic N) is 2. The molecule has 5 heteroatoms. The number of para-hydroxylation sites is 1. The Hall–Kier alpha value is -2.40. The zero-order valence-corrected chi connectivity index (χ0v) is 9.61. The molecule has 18 heavy (non-hydrogen) atoms. The normalized spacial score (nSPS) is 10.1. The second-order valence-corrected chi connectivity index (χ2v) is 3.75. The number of nitrogen functional groups attached to an aromatic ring is 1. The van der Waals surface area contributed by atoms with Crippen molar-refractivity contribution in [3.05, 3.63) is 65.1 Å². The predicted molar refractivity (Wildman–Crippen MR) is 68.3 cm³/mol. The van der Waals surface area contributed by atoms with E-state index < -0.39 is 5.91 Å². The third kappa shape index (κ3) is 2.64. The minimum absolute atomic E-state index is 0.0893. The van der Waals surface area contributed by atoms with Crippen LogP contribution in [-0.2, 0) is 6.54 Å². The maximum atomic E-state index is 11.9. The molecule has 1 aromatic heterocycles. The molecule has 0 fully saturated rings. The van der Waals surface area contributed by atoms with Gasteiger partial charge in [0.05, 0.1) is 17.8 Å². The first-order valence-electron chi connectivity index (χ1n) is 5.42. The second kappa shape index (κ2) is 5.29. The van der Waals surface area contributed by atoms with Crippen LogP contribution in [0.2, 0.25) is 0 Å². The van der Waals surface area contributed by atoms with Crippen LogP contribution in [0.3, 0.4) is 0 Å². The summed E-state index contributed by atoms with van der Waals surface area (Å²) in [5.41, 5.74) is 6.70. The third-order valence-corrected chi connectivity index (χ3v) is 2.45. The van der Waals surface area contributed by atoms with Crippen molar-refractivity contribution in [3.8, 4) is 0 Å². The fourth-order valence-corrected chi connectivity index (χ4v) is 1.54. The summed E-state index contributed by atoms with van der Waals surface area (Å²) in [4.78, 5) is 15.9. The molecule has 2 aromatic rings. The molecule has 5 nitrogen and oxygen atoms in total. The van der Waals surface area contributed by atoms with E-state index in [-0.39, 0.29) is 12.1 Å². The number of pyridine rings is 1. The van der Waals surface area contributed by atoms with Crippen molar-refractivity contribution in [3.63, 3.8) is 0 Å². The maximum absolute atomic E-state index is 11.9. The number of benzene rings is 1. The summed E-state index contributed by atoms with van der Waals surface area (Å²) in [5.74, 6) is -0.654. The van der Waals surface area contributed by atoms with Crippen molar-refractivity contribution < 1.29 is 4.79 Å². The monoisotopic (exact) mass is 242 g/mol. The number of hydrogen-bond acceptors (Lipinski definition) is 4. The Morgan fingerprint density at radius 3 is 2.61 bits per heavy atom.